The molecule has 138 valence electrons. The molecule has 2 heterocycles. The maximum atomic E-state index is 12.0. The fraction of sp³-hybridized carbons (Fsp3) is 0.211. The number of amides is 2. The Labute approximate surface area is 160 Å². The molecule has 0 atom stereocenters. The molecule has 8 heteroatoms. The summed E-state index contributed by atoms with van der Waals surface area (Å²) in [7, 11) is 1.57. The summed E-state index contributed by atoms with van der Waals surface area (Å²) in [5.74, 6) is 1.57. The molecule has 1 saturated heterocycles. The number of anilines is 1. The highest BCUT2D eigenvalue weighted by Gasteiger charge is 2.25. The Morgan fingerprint density at radius 1 is 1.26 bits per heavy atom. The molecule has 4 rings (SSSR count). The fourth-order valence-electron chi connectivity index (χ4n) is 2.96. The van der Waals surface area contributed by atoms with Crippen molar-refractivity contribution < 1.29 is 14.1 Å². The van der Waals surface area contributed by atoms with Crippen molar-refractivity contribution in [2.45, 2.75) is 6.42 Å². The van der Waals surface area contributed by atoms with Crippen molar-refractivity contribution in [1.82, 2.24) is 15.5 Å². The van der Waals surface area contributed by atoms with Crippen molar-refractivity contribution in [2.75, 3.05) is 25.1 Å². The first-order chi connectivity index (χ1) is 13.1. The summed E-state index contributed by atoms with van der Waals surface area (Å²) in [6, 6.07) is 12.8. The van der Waals surface area contributed by atoms with Crippen LogP contribution in [0.3, 0.4) is 0 Å². The number of aromatic nitrogens is 2. The quantitative estimate of drug-likeness (QED) is 0.728. The van der Waals surface area contributed by atoms with Gasteiger partial charge in [-0.1, -0.05) is 28.9 Å². The number of benzene rings is 2. The van der Waals surface area contributed by atoms with Crippen molar-refractivity contribution in [3.8, 4) is 17.2 Å². The maximum Gasteiger partial charge on any atom is 0.322 e. The molecule has 0 saturated carbocycles. The van der Waals surface area contributed by atoms with Gasteiger partial charge in [0.15, 0.2) is 5.82 Å². The molecule has 1 fully saturated rings. The highest BCUT2D eigenvalue weighted by Crippen LogP contribution is 2.33. The lowest BCUT2D eigenvalue weighted by Crippen LogP contribution is -2.28. The van der Waals surface area contributed by atoms with Crippen LogP contribution < -0.4 is 15.0 Å². The largest absolute Gasteiger partial charge is 0.495 e. The number of carbonyl (C=O) groups excluding carboxylic acids is 1. The van der Waals surface area contributed by atoms with Crippen LogP contribution in [-0.2, 0) is 6.42 Å². The standard InChI is InChI=1S/C19H17ClN4O3/c1-26-16-7-4-13(11-15(16)24-9-8-21-19(24)25)18-22-17(23-27-18)10-12-2-5-14(20)6-3-12/h2-7,11H,8-10H2,1H3,(H,21,25). The highest BCUT2D eigenvalue weighted by atomic mass is 35.5. The van der Waals surface area contributed by atoms with Crippen molar-refractivity contribution in [1.29, 1.82) is 0 Å². The number of nitrogens with zero attached hydrogens (tertiary/aromatic N) is 3. The van der Waals surface area contributed by atoms with Gasteiger partial charge in [0.25, 0.3) is 5.89 Å². The Morgan fingerprint density at radius 3 is 2.78 bits per heavy atom. The number of rotatable bonds is 5. The lowest BCUT2D eigenvalue weighted by atomic mass is 10.1. The van der Waals surface area contributed by atoms with Crippen LogP contribution in [0.5, 0.6) is 5.75 Å². The van der Waals surface area contributed by atoms with Crippen LogP contribution in [0.2, 0.25) is 5.02 Å². The normalized spacial score (nSPS) is 13.7. The van der Waals surface area contributed by atoms with Crippen LogP contribution in [-0.4, -0.2) is 36.4 Å². The van der Waals surface area contributed by atoms with Gasteiger partial charge < -0.3 is 14.6 Å². The third-order valence-electron chi connectivity index (χ3n) is 4.32. The van der Waals surface area contributed by atoms with Gasteiger partial charge >= 0.3 is 6.03 Å². The van der Waals surface area contributed by atoms with Crippen molar-refractivity contribution in [3.63, 3.8) is 0 Å². The number of hydrogen-bond donors (Lipinski definition) is 1. The van der Waals surface area contributed by atoms with Gasteiger partial charge in [-0.15, -0.1) is 0 Å². The van der Waals surface area contributed by atoms with Crippen molar-refractivity contribution in [3.05, 3.63) is 58.9 Å². The second-order valence-corrected chi connectivity index (χ2v) is 6.53. The Morgan fingerprint density at radius 2 is 2.07 bits per heavy atom. The molecule has 7 nitrogen and oxygen atoms in total. The predicted molar refractivity (Wildman–Crippen MR) is 101 cm³/mol. The molecule has 27 heavy (non-hydrogen) atoms. The van der Waals surface area contributed by atoms with E-state index in [-0.39, 0.29) is 6.03 Å². The first-order valence-electron chi connectivity index (χ1n) is 8.45. The van der Waals surface area contributed by atoms with Gasteiger partial charge in [0.1, 0.15) is 5.75 Å². The molecule has 0 aliphatic carbocycles. The summed E-state index contributed by atoms with van der Waals surface area (Å²) < 4.78 is 10.8. The summed E-state index contributed by atoms with van der Waals surface area (Å²) >= 11 is 5.91. The number of ether oxygens (including phenoxy) is 1. The zero-order chi connectivity index (χ0) is 18.8. The highest BCUT2D eigenvalue weighted by molar-refractivity contribution is 6.30. The monoisotopic (exact) mass is 384 g/mol. The molecule has 0 unspecified atom stereocenters. The smallest absolute Gasteiger partial charge is 0.322 e. The average molecular weight is 385 g/mol. The van der Waals surface area contributed by atoms with Crippen LogP contribution in [0, 0.1) is 0 Å². The van der Waals surface area contributed by atoms with E-state index in [9.17, 15) is 4.79 Å². The molecule has 1 aliphatic heterocycles. The van der Waals surface area contributed by atoms with E-state index in [1.807, 2.05) is 36.4 Å². The molecule has 1 N–H and O–H groups in total. The Kier molecular flexibility index (Phi) is 4.68. The van der Waals surface area contributed by atoms with Crippen LogP contribution >= 0.6 is 11.6 Å². The second kappa shape index (κ2) is 7.28. The first kappa shape index (κ1) is 17.4. The van der Waals surface area contributed by atoms with E-state index >= 15 is 0 Å². The van der Waals surface area contributed by atoms with Gasteiger partial charge in [0.2, 0.25) is 0 Å². The Hall–Kier alpha value is -3.06. The number of carbonyl (C=O) groups is 1. The van der Waals surface area contributed by atoms with Gasteiger partial charge in [-0.05, 0) is 35.9 Å². The maximum absolute atomic E-state index is 12.0. The topological polar surface area (TPSA) is 80.5 Å². The number of methoxy groups -OCH3 is 1. The molecule has 3 aromatic rings. The van der Waals surface area contributed by atoms with Crippen molar-refractivity contribution >= 4 is 23.3 Å². The van der Waals surface area contributed by atoms with E-state index < -0.39 is 0 Å². The van der Waals surface area contributed by atoms with E-state index in [1.54, 1.807) is 18.1 Å². The summed E-state index contributed by atoms with van der Waals surface area (Å²) in [4.78, 5) is 18.1. The molecule has 1 aliphatic rings. The van der Waals surface area contributed by atoms with E-state index in [1.165, 1.54) is 0 Å². The van der Waals surface area contributed by atoms with Gasteiger partial charge in [-0.25, -0.2) is 4.79 Å². The molecule has 2 amide bonds. The fourth-order valence-corrected chi connectivity index (χ4v) is 3.09. The third-order valence-corrected chi connectivity index (χ3v) is 4.57. The Bertz CT molecular complexity index is 971. The number of hydrogen-bond acceptors (Lipinski definition) is 5. The summed E-state index contributed by atoms with van der Waals surface area (Å²) in [6.07, 6.45) is 0.540. The van der Waals surface area contributed by atoms with E-state index in [4.69, 9.17) is 20.9 Å². The summed E-state index contributed by atoms with van der Waals surface area (Å²) in [5, 5.41) is 7.52. The average Bonchev–Trinajstić information content (AvgIpc) is 3.32. The van der Waals surface area contributed by atoms with E-state index in [0.29, 0.717) is 47.7 Å². The van der Waals surface area contributed by atoms with Gasteiger partial charge in [0.05, 0.1) is 12.8 Å². The lowest BCUT2D eigenvalue weighted by molar-refractivity contribution is 0.252. The lowest BCUT2D eigenvalue weighted by Gasteiger charge is -2.18. The minimum atomic E-state index is -0.153. The van der Waals surface area contributed by atoms with Crippen LogP contribution in [0.15, 0.2) is 47.0 Å². The minimum absolute atomic E-state index is 0.153. The Balaban J connectivity index is 1.61. The molecule has 0 radical (unpaired) electrons. The van der Waals surface area contributed by atoms with Crippen LogP contribution in [0.1, 0.15) is 11.4 Å². The number of halogens is 1. The van der Waals surface area contributed by atoms with Crippen molar-refractivity contribution in [2.24, 2.45) is 0 Å². The molecular formula is C19H17ClN4O3. The predicted octanol–water partition coefficient (Wildman–Crippen LogP) is 3.52. The van der Waals surface area contributed by atoms with Gasteiger partial charge in [-0.2, -0.15) is 4.98 Å². The van der Waals surface area contributed by atoms with Gasteiger partial charge in [0, 0.05) is 30.1 Å². The molecular weight excluding hydrogens is 368 g/mol. The van der Waals surface area contributed by atoms with Crippen LogP contribution in [0.25, 0.3) is 11.5 Å². The third kappa shape index (κ3) is 3.59. The minimum Gasteiger partial charge on any atom is -0.495 e. The number of nitrogens with one attached hydrogen (secondary N) is 1. The van der Waals surface area contributed by atoms with E-state index in [2.05, 4.69) is 15.5 Å². The van der Waals surface area contributed by atoms with E-state index in [0.717, 1.165) is 11.1 Å². The zero-order valence-electron chi connectivity index (χ0n) is 14.6. The first-order valence-corrected chi connectivity index (χ1v) is 8.82. The number of urea groups is 1. The zero-order valence-corrected chi connectivity index (χ0v) is 15.4. The molecule has 0 bridgehead atoms. The summed E-state index contributed by atoms with van der Waals surface area (Å²) in [5.41, 5.74) is 2.43. The summed E-state index contributed by atoms with van der Waals surface area (Å²) in [6.45, 7) is 1.17. The molecule has 0 spiro atoms. The van der Waals surface area contributed by atoms with Crippen LogP contribution in [0.4, 0.5) is 10.5 Å². The van der Waals surface area contributed by atoms with Gasteiger partial charge in [-0.3, -0.25) is 4.90 Å². The SMILES string of the molecule is COc1ccc(-c2nc(Cc3ccc(Cl)cc3)no2)cc1N1CCNC1=O. The second-order valence-electron chi connectivity index (χ2n) is 6.09. The molecule has 1 aromatic heterocycles. The molecule has 2 aromatic carbocycles.